The van der Waals surface area contributed by atoms with Gasteiger partial charge in [-0.25, -0.2) is 15.0 Å². The van der Waals surface area contributed by atoms with E-state index in [1.165, 1.54) is 12.1 Å². The third-order valence-electron chi connectivity index (χ3n) is 11.1. The number of aliphatic carboxylic acids is 1. The number of aliphatic hydroxyl groups is 1. The standard InChI is InChI=1S/C47H55N13O9/c1-5-59-34(20-27(3)55-59)44-51-26-32-31-22-29(42(48)65)24-36(68-18-10-14-50-38(62)12-9-13-39(63)64)40(31)57(45(32)53-44)15-7-8-16-58-41-33(23-30(43(49)66)25-37(41)69-19-11-17-61)52-47(58)54-46(67)35-21-28(4)56-60(35)6-2/h7-8,20-26,61H,5-6,9-19H2,1-4H3,(H2,48,65)(H2,49,66)(H,50,62)(H,63,64)(H,52,54,67). The van der Waals surface area contributed by atoms with Gasteiger partial charge < -0.3 is 45.6 Å². The Morgan fingerprint density at radius 2 is 1.41 bits per heavy atom. The predicted molar refractivity (Wildman–Crippen MR) is 255 cm³/mol. The molecule has 5 heterocycles. The maximum atomic E-state index is 13.8. The summed E-state index contributed by atoms with van der Waals surface area (Å²) in [7, 11) is 0. The van der Waals surface area contributed by atoms with Crippen LogP contribution in [0.5, 0.6) is 11.5 Å². The zero-order valence-electron chi connectivity index (χ0n) is 38.8. The van der Waals surface area contributed by atoms with Crippen molar-refractivity contribution in [3.63, 3.8) is 0 Å². The summed E-state index contributed by atoms with van der Waals surface area (Å²) in [5, 5.41) is 34.4. The van der Waals surface area contributed by atoms with E-state index in [0.29, 0.717) is 87.6 Å². The van der Waals surface area contributed by atoms with E-state index in [1.54, 1.807) is 40.6 Å². The number of carbonyl (C=O) groups excluding carboxylic acids is 4. The van der Waals surface area contributed by atoms with Crippen molar-refractivity contribution < 1.29 is 43.7 Å². The molecule has 0 aliphatic heterocycles. The molecule has 69 heavy (non-hydrogen) atoms. The van der Waals surface area contributed by atoms with Crippen molar-refractivity contribution in [1.29, 1.82) is 0 Å². The first-order chi connectivity index (χ1) is 33.2. The van der Waals surface area contributed by atoms with Gasteiger partial charge in [0.05, 0.1) is 35.6 Å². The second-order valence-electron chi connectivity index (χ2n) is 16.2. The SMILES string of the molecule is CCn1nc(C)cc1C(=O)Nc1nc2cc(C(N)=O)cc(OCCCO)c2n1CC=CCn1c2nc(-c3cc(C)nn3CC)ncc2c2cc(C(N)=O)cc(OCCCNC(=O)CCCC(=O)O)c21. The molecule has 0 atom stereocenters. The number of fused-ring (bicyclic) bond motifs is 4. The molecule has 22 heteroatoms. The first kappa shape index (κ1) is 48.8. The number of aryl methyl sites for hydroxylation is 4. The van der Waals surface area contributed by atoms with Crippen molar-refractivity contribution in [2.45, 2.75) is 86.0 Å². The third kappa shape index (κ3) is 11.0. The van der Waals surface area contributed by atoms with Gasteiger partial charge in [0, 0.05) is 86.7 Å². The average molecular weight is 946 g/mol. The number of primary amides is 2. The molecule has 0 saturated carbocycles. The number of ether oxygens (including phenoxy) is 2. The maximum absolute atomic E-state index is 13.8. The Morgan fingerprint density at radius 1 is 0.754 bits per heavy atom. The monoisotopic (exact) mass is 945 g/mol. The number of allylic oxidation sites excluding steroid dienone is 2. The van der Waals surface area contributed by atoms with Crippen molar-refractivity contribution >= 4 is 68.5 Å². The van der Waals surface area contributed by atoms with Crippen LogP contribution in [0.2, 0.25) is 0 Å². The first-order valence-electron chi connectivity index (χ1n) is 22.6. The highest BCUT2D eigenvalue weighted by molar-refractivity contribution is 6.12. The van der Waals surface area contributed by atoms with Crippen LogP contribution in [-0.2, 0) is 35.8 Å². The highest BCUT2D eigenvalue weighted by atomic mass is 16.5. The van der Waals surface area contributed by atoms with Crippen molar-refractivity contribution in [3.05, 3.63) is 83.0 Å². The summed E-state index contributed by atoms with van der Waals surface area (Å²) in [6.07, 6.45) is 6.35. The molecule has 0 aliphatic carbocycles. The van der Waals surface area contributed by atoms with Crippen molar-refractivity contribution in [2.75, 3.05) is 31.7 Å². The topological polar surface area (TPSA) is 305 Å². The molecule has 2 aromatic carbocycles. The van der Waals surface area contributed by atoms with Crippen LogP contribution in [-0.4, -0.2) is 110 Å². The maximum Gasteiger partial charge on any atom is 0.303 e. The molecule has 8 N–H and O–H groups in total. The quantitative estimate of drug-likeness (QED) is 0.0365. The number of nitrogens with one attached hydrogen (secondary N) is 2. The normalized spacial score (nSPS) is 11.6. The van der Waals surface area contributed by atoms with Crippen LogP contribution in [0, 0.1) is 13.8 Å². The summed E-state index contributed by atoms with van der Waals surface area (Å²) in [6.45, 7) is 9.27. The van der Waals surface area contributed by atoms with Crippen LogP contribution >= 0.6 is 0 Å². The molecule has 0 unspecified atom stereocenters. The number of benzene rings is 2. The molecule has 7 aromatic rings. The smallest absolute Gasteiger partial charge is 0.303 e. The fraction of sp³-hybridized carbons (Fsp3) is 0.362. The number of hydrogen-bond donors (Lipinski definition) is 6. The van der Waals surface area contributed by atoms with Gasteiger partial charge in [0.15, 0.2) is 5.82 Å². The number of hydrogen-bond acceptors (Lipinski definition) is 13. The fourth-order valence-electron chi connectivity index (χ4n) is 7.95. The van der Waals surface area contributed by atoms with Crippen LogP contribution < -0.4 is 31.6 Å². The van der Waals surface area contributed by atoms with E-state index in [0.717, 1.165) is 5.69 Å². The number of carboxylic acids is 1. The zero-order valence-corrected chi connectivity index (χ0v) is 38.8. The van der Waals surface area contributed by atoms with Crippen LogP contribution in [0.25, 0.3) is 44.5 Å². The van der Waals surface area contributed by atoms with Crippen LogP contribution in [0.4, 0.5) is 5.95 Å². The lowest BCUT2D eigenvalue weighted by molar-refractivity contribution is -0.137. The van der Waals surface area contributed by atoms with Crippen molar-refractivity contribution in [1.82, 2.24) is 49.0 Å². The van der Waals surface area contributed by atoms with Crippen molar-refractivity contribution in [2.24, 2.45) is 11.5 Å². The summed E-state index contributed by atoms with van der Waals surface area (Å²) in [4.78, 5) is 76.8. The van der Waals surface area contributed by atoms with Gasteiger partial charge in [0.1, 0.15) is 34.1 Å². The van der Waals surface area contributed by atoms with E-state index >= 15 is 0 Å². The molecule has 0 bridgehead atoms. The Bertz CT molecular complexity index is 3110. The molecule has 5 aromatic heterocycles. The molecular formula is C47H55N13O9. The number of carbonyl (C=O) groups is 5. The molecular weight excluding hydrogens is 891 g/mol. The Kier molecular flexibility index (Phi) is 15.3. The van der Waals surface area contributed by atoms with Gasteiger partial charge in [0.25, 0.3) is 5.91 Å². The minimum atomic E-state index is -0.969. The number of aromatic nitrogens is 9. The van der Waals surface area contributed by atoms with E-state index in [1.807, 2.05) is 48.2 Å². The van der Waals surface area contributed by atoms with E-state index < -0.39 is 23.7 Å². The molecule has 7 rings (SSSR count). The lowest BCUT2D eigenvalue weighted by Crippen LogP contribution is -2.25. The molecule has 0 saturated heterocycles. The Morgan fingerprint density at radius 3 is 2.09 bits per heavy atom. The predicted octanol–water partition coefficient (Wildman–Crippen LogP) is 4.26. The molecule has 0 radical (unpaired) electrons. The second kappa shape index (κ2) is 21.7. The summed E-state index contributed by atoms with van der Waals surface area (Å²) in [5.74, 6) is -1.91. The van der Waals surface area contributed by atoms with Crippen LogP contribution in [0.15, 0.2) is 54.7 Å². The highest BCUT2D eigenvalue weighted by Crippen LogP contribution is 2.37. The minimum absolute atomic E-state index is 0.0810. The Hall–Kier alpha value is -8.14. The van der Waals surface area contributed by atoms with Gasteiger partial charge in [-0.1, -0.05) is 12.2 Å². The summed E-state index contributed by atoms with van der Waals surface area (Å²) in [5.41, 5.74) is 16.3. The van der Waals surface area contributed by atoms with Crippen LogP contribution in [0.1, 0.15) is 88.5 Å². The number of carboxylic acid groups (broad SMARTS) is 1. The second-order valence-corrected chi connectivity index (χ2v) is 16.2. The number of amides is 4. The van der Waals surface area contributed by atoms with Gasteiger partial charge in [-0.3, -0.25) is 38.7 Å². The van der Waals surface area contributed by atoms with E-state index in [2.05, 4.69) is 20.8 Å². The third-order valence-corrected chi connectivity index (χ3v) is 11.1. The number of aliphatic hydroxyl groups excluding tert-OH is 1. The molecule has 22 nitrogen and oxygen atoms in total. The number of rotatable bonds is 24. The van der Waals surface area contributed by atoms with Gasteiger partial charge in [-0.05, 0) is 76.9 Å². The number of nitrogens with two attached hydrogens (primary N) is 2. The minimum Gasteiger partial charge on any atom is -0.491 e. The number of anilines is 1. The molecule has 362 valence electrons. The molecule has 4 amide bonds. The summed E-state index contributed by atoms with van der Waals surface area (Å²) in [6, 6.07) is 9.84. The summed E-state index contributed by atoms with van der Waals surface area (Å²) >= 11 is 0. The molecule has 0 aliphatic rings. The van der Waals surface area contributed by atoms with Gasteiger partial charge in [0.2, 0.25) is 23.7 Å². The number of nitrogens with zero attached hydrogens (tertiary/aromatic N) is 9. The lowest BCUT2D eigenvalue weighted by atomic mass is 10.1. The van der Waals surface area contributed by atoms with Gasteiger partial charge in [-0.15, -0.1) is 0 Å². The van der Waals surface area contributed by atoms with E-state index in [-0.39, 0.29) is 87.4 Å². The van der Waals surface area contributed by atoms with E-state index in [4.69, 9.17) is 41.0 Å². The Labute approximate surface area is 395 Å². The fourth-order valence-corrected chi connectivity index (χ4v) is 7.95. The first-order valence-corrected chi connectivity index (χ1v) is 22.6. The molecule has 0 spiro atoms. The van der Waals surface area contributed by atoms with Crippen LogP contribution in [0.3, 0.4) is 0 Å². The summed E-state index contributed by atoms with van der Waals surface area (Å²) < 4.78 is 19.5. The highest BCUT2D eigenvalue weighted by Gasteiger charge is 2.24. The molecule has 0 fully saturated rings. The largest absolute Gasteiger partial charge is 0.491 e. The number of imidazole rings is 1. The zero-order chi connectivity index (χ0) is 49.4. The van der Waals surface area contributed by atoms with Gasteiger partial charge >= 0.3 is 5.97 Å². The van der Waals surface area contributed by atoms with Gasteiger partial charge in [-0.2, -0.15) is 10.2 Å². The van der Waals surface area contributed by atoms with Crippen molar-refractivity contribution in [3.8, 4) is 23.0 Å². The average Bonchev–Trinajstić information content (AvgIpc) is 4.08. The lowest BCUT2D eigenvalue weighted by Gasteiger charge is -2.13. The van der Waals surface area contributed by atoms with E-state index in [9.17, 15) is 29.1 Å². The Balaban J connectivity index is 1.29.